The molecule has 0 saturated carbocycles. The van der Waals surface area contributed by atoms with Gasteiger partial charge in [0, 0.05) is 20.1 Å². The number of allylic oxidation sites excluding steroid dienone is 4. The van der Waals surface area contributed by atoms with Crippen molar-refractivity contribution in [3.63, 3.8) is 0 Å². The van der Waals surface area contributed by atoms with Crippen LogP contribution >= 0.6 is 0 Å². The maximum absolute atomic E-state index is 12.5. The molecule has 0 bridgehead atoms. The summed E-state index contributed by atoms with van der Waals surface area (Å²) in [5.41, 5.74) is 5.20. The second-order valence-electron chi connectivity index (χ2n) is 9.85. The van der Waals surface area contributed by atoms with Crippen molar-refractivity contribution in [3.05, 3.63) is 77.2 Å². The highest BCUT2D eigenvalue weighted by Crippen LogP contribution is 2.30. The Morgan fingerprint density at radius 2 is 1.89 bits per heavy atom. The van der Waals surface area contributed by atoms with Crippen molar-refractivity contribution >= 4 is 5.57 Å². The van der Waals surface area contributed by atoms with Gasteiger partial charge in [-0.2, -0.15) is 18.3 Å². The number of hydrogen-bond donors (Lipinski definition) is 0. The van der Waals surface area contributed by atoms with E-state index in [9.17, 15) is 13.2 Å². The van der Waals surface area contributed by atoms with E-state index in [-0.39, 0.29) is 0 Å². The van der Waals surface area contributed by atoms with Gasteiger partial charge < -0.3 is 4.74 Å². The molecule has 36 heavy (non-hydrogen) atoms. The highest BCUT2D eigenvalue weighted by atomic mass is 19.4. The van der Waals surface area contributed by atoms with E-state index in [4.69, 9.17) is 4.74 Å². The standard InChI is InChI=1S/C29H40F3N3O/c1-9-12-22(4)28(5,6)36-27-15-14-23(17-21(27)3)19-34(7)20-25-18-26(33-35(25)8)24(10-2)13-11-16-29(30,31)32/h10-11,13-15,17-18H,4,9,12,16,19-20H2,1-3,5-8H3/b13-11-,24-10+. The summed E-state index contributed by atoms with van der Waals surface area (Å²) in [6.45, 7) is 15.7. The van der Waals surface area contributed by atoms with Gasteiger partial charge in [-0.1, -0.05) is 50.3 Å². The predicted molar refractivity (Wildman–Crippen MR) is 142 cm³/mol. The van der Waals surface area contributed by atoms with Crippen molar-refractivity contribution in [3.8, 4) is 5.75 Å². The van der Waals surface area contributed by atoms with Gasteiger partial charge in [-0.25, -0.2) is 0 Å². The molecule has 2 aromatic rings. The molecular weight excluding hydrogens is 463 g/mol. The summed E-state index contributed by atoms with van der Waals surface area (Å²) < 4.78 is 45.5. The molecule has 0 radical (unpaired) electrons. The van der Waals surface area contributed by atoms with Crippen molar-refractivity contribution in [2.24, 2.45) is 7.05 Å². The average molecular weight is 504 g/mol. The molecule has 0 aliphatic rings. The maximum atomic E-state index is 12.5. The van der Waals surface area contributed by atoms with E-state index >= 15 is 0 Å². The van der Waals surface area contributed by atoms with E-state index in [1.54, 1.807) is 17.7 Å². The highest BCUT2D eigenvalue weighted by molar-refractivity contribution is 5.71. The SMILES string of the molecule is C=C(CCC)C(C)(C)Oc1ccc(CN(C)Cc2cc(C(/C=C\CC(F)(F)F)=C/C)nn2C)cc1C. The van der Waals surface area contributed by atoms with Crippen LogP contribution in [0.5, 0.6) is 5.75 Å². The summed E-state index contributed by atoms with van der Waals surface area (Å²) in [5.74, 6) is 0.859. The minimum Gasteiger partial charge on any atom is -0.483 e. The third-order valence-corrected chi connectivity index (χ3v) is 6.12. The summed E-state index contributed by atoms with van der Waals surface area (Å²) in [6, 6.07) is 8.17. The molecular formula is C29H40F3N3O. The normalized spacial score (nSPS) is 13.1. The van der Waals surface area contributed by atoms with Crippen LogP contribution in [0.1, 0.15) is 69.5 Å². The van der Waals surface area contributed by atoms with Gasteiger partial charge in [0.05, 0.1) is 17.8 Å². The van der Waals surface area contributed by atoms with E-state index < -0.39 is 18.2 Å². The lowest BCUT2D eigenvalue weighted by molar-refractivity contribution is -0.125. The van der Waals surface area contributed by atoms with Crippen LogP contribution in [0.25, 0.3) is 5.57 Å². The number of alkyl halides is 3. The first kappa shape index (κ1) is 29.4. The number of ether oxygens (including phenoxy) is 1. The van der Waals surface area contributed by atoms with Crippen LogP contribution in [0.3, 0.4) is 0 Å². The van der Waals surface area contributed by atoms with E-state index in [0.717, 1.165) is 48.0 Å². The smallest absolute Gasteiger partial charge is 0.392 e. The Morgan fingerprint density at radius 1 is 1.19 bits per heavy atom. The van der Waals surface area contributed by atoms with Crippen molar-refractivity contribution in [2.75, 3.05) is 7.05 Å². The van der Waals surface area contributed by atoms with Crippen LogP contribution < -0.4 is 4.74 Å². The highest BCUT2D eigenvalue weighted by Gasteiger charge is 2.25. The monoisotopic (exact) mass is 503 g/mol. The zero-order valence-corrected chi connectivity index (χ0v) is 22.7. The Balaban J connectivity index is 2.05. The van der Waals surface area contributed by atoms with Gasteiger partial charge >= 0.3 is 6.18 Å². The van der Waals surface area contributed by atoms with Gasteiger partial charge in [-0.3, -0.25) is 9.58 Å². The van der Waals surface area contributed by atoms with E-state index in [2.05, 4.69) is 56.4 Å². The Bertz CT molecular complexity index is 1090. The summed E-state index contributed by atoms with van der Waals surface area (Å²) >= 11 is 0. The third kappa shape index (κ3) is 8.70. The van der Waals surface area contributed by atoms with Crippen LogP contribution in [0.2, 0.25) is 0 Å². The van der Waals surface area contributed by atoms with Gasteiger partial charge in [0.2, 0.25) is 0 Å². The second-order valence-corrected chi connectivity index (χ2v) is 9.85. The second kappa shape index (κ2) is 12.4. The molecule has 0 N–H and O–H groups in total. The third-order valence-electron chi connectivity index (χ3n) is 6.12. The number of aryl methyl sites for hydroxylation is 2. The molecule has 7 heteroatoms. The number of hydrogen-bond acceptors (Lipinski definition) is 3. The molecule has 4 nitrogen and oxygen atoms in total. The molecule has 0 spiro atoms. The number of benzene rings is 1. The molecule has 1 aromatic heterocycles. The molecule has 1 heterocycles. The fourth-order valence-corrected chi connectivity index (χ4v) is 3.96. The molecule has 2 rings (SSSR count). The molecule has 0 saturated heterocycles. The lowest BCUT2D eigenvalue weighted by Crippen LogP contribution is -2.30. The van der Waals surface area contributed by atoms with E-state index in [1.807, 2.05) is 26.2 Å². The quantitative estimate of drug-likeness (QED) is 0.219. The first-order valence-electron chi connectivity index (χ1n) is 12.3. The average Bonchev–Trinajstić information content (AvgIpc) is 3.12. The molecule has 0 unspecified atom stereocenters. The van der Waals surface area contributed by atoms with Gasteiger partial charge in [0.1, 0.15) is 11.4 Å². The Hall–Kier alpha value is -2.80. The van der Waals surface area contributed by atoms with E-state index in [1.165, 1.54) is 11.6 Å². The molecule has 1 aromatic carbocycles. The minimum atomic E-state index is -4.21. The topological polar surface area (TPSA) is 30.3 Å². The van der Waals surface area contributed by atoms with Crippen molar-refractivity contribution < 1.29 is 17.9 Å². The van der Waals surface area contributed by atoms with Gasteiger partial charge in [-0.05, 0) is 75.6 Å². The summed E-state index contributed by atoms with van der Waals surface area (Å²) in [5, 5.41) is 4.51. The Morgan fingerprint density at radius 3 is 2.47 bits per heavy atom. The van der Waals surface area contributed by atoms with E-state index in [0.29, 0.717) is 17.8 Å². The lowest BCUT2D eigenvalue weighted by atomic mass is 9.95. The lowest BCUT2D eigenvalue weighted by Gasteiger charge is -2.30. The molecule has 0 fully saturated rings. The minimum absolute atomic E-state index is 0.427. The van der Waals surface area contributed by atoms with Crippen LogP contribution in [-0.4, -0.2) is 33.5 Å². The number of aromatic nitrogens is 2. The number of rotatable bonds is 12. The zero-order chi connectivity index (χ0) is 27.1. The van der Waals surface area contributed by atoms with Crippen molar-refractivity contribution in [1.29, 1.82) is 0 Å². The predicted octanol–water partition coefficient (Wildman–Crippen LogP) is 7.79. The summed E-state index contributed by atoms with van der Waals surface area (Å²) in [6.07, 6.45) is 1.19. The van der Waals surface area contributed by atoms with Gasteiger partial charge in [-0.15, -0.1) is 0 Å². The van der Waals surface area contributed by atoms with Crippen LogP contribution in [0.4, 0.5) is 13.2 Å². The zero-order valence-electron chi connectivity index (χ0n) is 22.7. The number of halogens is 3. The Labute approximate surface area is 214 Å². The van der Waals surface area contributed by atoms with Crippen molar-refractivity contribution in [2.45, 2.75) is 78.7 Å². The number of nitrogens with zero attached hydrogens (tertiary/aromatic N) is 3. The molecule has 0 aliphatic heterocycles. The molecule has 0 aliphatic carbocycles. The van der Waals surface area contributed by atoms with Crippen LogP contribution in [0.15, 0.2) is 54.6 Å². The molecule has 198 valence electrons. The summed E-state index contributed by atoms with van der Waals surface area (Å²) in [4.78, 5) is 2.18. The fourth-order valence-electron chi connectivity index (χ4n) is 3.96. The maximum Gasteiger partial charge on any atom is 0.392 e. The largest absolute Gasteiger partial charge is 0.483 e. The molecule has 0 amide bonds. The first-order valence-corrected chi connectivity index (χ1v) is 12.3. The summed E-state index contributed by atoms with van der Waals surface area (Å²) in [7, 11) is 3.88. The van der Waals surface area contributed by atoms with Crippen molar-refractivity contribution in [1.82, 2.24) is 14.7 Å². The van der Waals surface area contributed by atoms with Gasteiger partial charge in [0.15, 0.2) is 0 Å². The van der Waals surface area contributed by atoms with Gasteiger partial charge in [0.25, 0.3) is 0 Å². The van der Waals surface area contributed by atoms with Crippen LogP contribution in [0, 0.1) is 6.92 Å². The van der Waals surface area contributed by atoms with Crippen LogP contribution in [-0.2, 0) is 20.1 Å². The first-order chi connectivity index (χ1) is 16.8. The Kier molecular flexibility index (Phi) is 10.2. The fraction of sp³-hybridized carbons (Fsp3) is 0.483. The molecule has 0 atom stereocenters.